The summed E-state index contributed by atoms with van der Waals surface area (Å²) in [5.41, 5.74) is 1.10. The van der Waals surface area contributed by atoms with E-state index >= 15 is 0 Å². The molecule has 11 heteroatoms. The summed E-state index contributed by atoms with van der Waals surface area (Å²) in [6, 6.07) is 7.87. The standard InChI is InChI=1S/C27H27ClN6O4/c1-31-11-7-29-27(31)38-16-18-4-2-10-33(18)23-13-22-19(12-21(23)28)25(35)20(26(36)37)15-34(22)17-5-6-24(30-14-17)32-8-3-9-32/h5-7,11-15,18H,2-4,8-10,16H2,1H3,(H,36,37)/t18-/m1/s1. The molecule has 4 aromatic rings. The highest BCUT2D eigenvalue weighted by Gasteiger charge is 2.29. The fraction of sp³-hybridized carbons (Fsp3) is 0.333. The Bertz CT molecular complexity index is 1580. The highest BCUT2D eigenvalue weighted by molar-refractivity contribution is 6.34. The highest BCUT2D eigenvalue weighted by atomic mass is 35.5. The SMILES string of the molecule is Cn1ccnc1OC[C@H]1CCCN1c1cc2c(cc1Cl)c(=O)c(C(=O)O)cn2-c1ccc(N2CCC2)nc1. The number of hydrogen-bond donors (Lipinski definition) is 1. The molecule has 2 aliphatic rings. The first kappa shape index (κ1) is 24.3. The van der Waals surface area contributed by atoms with E-state index in [0.717, 1.165) is 50.4 Å². The van der Waals surface area contributed by atoms with Crippen LogP contribution < -0.4 is 20.0 Å². The van der Waals surface area contributed by atoms with Crippen molar-refractivity contribution in [2.24, 2.45) is 7.05 Å². The van der Waals surface area contributed by atoms with Crippen molar-refractivity contribution in [3.05, 3.63) is 69.9 Å². The predicted molar refractivity (Wildman–Crippen MR) is 145 cm³/mol. The van der Waals surface area contributed by atoms with Gasteiger partial charge in [-0.2, -0.15) is 0 Å². The largest absolute Gasteiger partial charge is 0.477 e. The molecule has 2 fully saturated rings. The Morgan fingerprint density at radius 1 is 1.18 bits per heavy atom. The Hall–Kier alpha value is -4.05. The molecule has 0 radical (unpaired) electrons. The van der Waals surface area contributed by atoms with Gasteiger partial charge in [-0.1, -0.05) is 11.6 Å². The van der Waals surface area contributed by atoms with Gasteiger partial charge in [-0.05, 0) is 43.5 Å². The predicted octanol–water partition coefficient (Wildman–Crippen LogP) is 3.73. The van der Waals surface area contributed by atoms with Crippen LogP contribution in [0.5, 0.6) is 6.01 Å². The fourth-order valence-corrected chi connectivity index (χ4v) is 5.43. The third kappa shape index (κ3) is 4.24. The molecular weight excluding hydrogens is 508 g/mol. The smallest absolute Gasteiger partial charge is 0.341 e. The normalized spacial score (nSPS) is 17.2. The first-order valence-corrected chi connectivity index (χ1v) is 13.0. The number of fused-ring (bicyclic) bond motifs is 1. The Morgan fingerprint density at radius 3 is 2.68 bits per heavy atom. The van der Waals surface area contributed by atoms with Crippen LogP contribution in [0.15, 0.2) is 53.8 Å². The third-order valence-electron chi connectivity index (χ3n) is 7.36. The van der Waals surface area contributed by atoms with Crippen molar-refractivity contribution >= 4 is 40.0 Å². The summed E-state index contributed by atoms with van der Waals surface area (Å²) in [5, 5.41) is 10.4. The number of hydrogen-bond acceptors (Lipinski definition) is 7. The van der Waals surface area contributed by atoms with Crippen LogP contribution >= 0.6 is 11.6 Å². The average Bonchev–Trinajstić information content (AvgIpc) is 3.51. The van der Waals surface area contributed by atoms with E-state index in [0.29, 0.717) is 28.8 Å². The zero-order valence-electron chi connectivity index (χ0n) is 20.9. The molecule has 196 valence electrons. The van der Waals surface area contributed by atoms with Gasteiger partial charge in [0.2, 0.25) is 5.43 Å². The van der Waals surface area contributed by atoms with E-state index in [1.54, 1.807) is 23.0 Å². The average molecular weight is 535 g/mol. The van der Waals surface area contributed by atoms with Crippen molar-refractivity contribution in [1.29, 1.82) is 0 Å². The second-order valence-corrected chi connectivity index (χ2v) is 10.1. The van der Waals surface area contributed by atoms with Gasteiger partial charge in [0.25, 0.3) is 6.01 Å². The van der Waals surface area contributed by atoms with Gasteiger partial charge in [0.15, 0.2) is 0 Å². The molecular formula is C27H27ClN6O4. The van der Waals surface area contributed by atoms with Gasteiger partial charge in [-0.15, -0.1) is 0 Å². The van der Waals surface area contributed by atoms with Crippen LogP contribution in [0.2, 0.25) is 5.02 Å². The van der Waals surface area contributed by atoms with E-state index in [1.807, 2.05) is 36.0 Å². The maximum atomic E-state index is 13.1. The highest BCUT2D eigenvalue weighted by Crippen LogP contribution is 2.36. The van der Waals surface area contributed by atoms with E-state index in [9.17, 15) is 14.7 Å². The number of aryl methyl sites for hydroxylation is 1. The number of rotatable bonds is 7. The van der Waals surface area contributed by atoms with Crippen LogP contribution in [-0.2, 0) is 7.05 Å². The summed E-state index contributed by atoms with van der Waals surface area (Å²) in [7, 11) is 1.88. The molecule has 38 heavy (non-hydrogen) atoms. The molecule has 0 aliphatic carbocycles. The lowest BCUT2D eigenvalue weighted by Gasteiger charge is -2.32. The number of ether oxygens (including phenoxy) is 1. The summed E-state index contributed by atoms with van der Waals surface area (Å²) in [5.74, 6) is -0.415. The number of benzene rings is 1. The number of carboxylic acid groups (broad SMARTS) is 1. The van der Waals surface area contributed by atoms with Crippen LogP contribution in [0.3, 0.4) is 0 Å². The van der Waals surface area contributed by atoms with Gasteiger partial charge in [-0.25, -0.2) is 14.8 Å². The molecule has 0 amide bonds. The number of aromatic nitrogens is 4. The Labute approximate surface area is 223 Å². The minimum absolute atomic E-state index is 0.0672. The van der Waals surface area contributed by atoms with Crippen LogP contribution in [0.4, 0.5) is 11.5 Å². The molecule has 1 aromatic carbocycles. The number of halogens is 1. The molecule has 5 heterocycles. The monoisotopic (exact) mass is 534 g/mol. The second-order valence-electron chi connectivity index (χ2n) is 9.70. The van der Waals surface area contributed by atoms with Crippen molar-refractivity contribution in [3.63, 3.8) is 0 Å². The Balaban J connectivity index is 1.42. The number of aromatic carboxylic acids is 1. The van der Waals surface area contributed by atoms with E-state index < -0.39 is 11.4 Å². The molecule has 2 aliphatic heterocycles. The summed E-state index contributed by atoms with van der Waals surface area (Å²) in [6.45, 7) is 3.16. The van der Waals surface area contributed by atoms with E-state index in [-0.39, 0.29) is 17.0 Å². The third-order valence-corrected chi connectivity index (χ3v) is 7.66. The fourth-order valence-electron chi connectivity index (χ4n) is 5.16. The van der Waals surface area contributed by atoms with Gasteiger partial charge >= 0.3 is 5.97 Å². The quantitative estimate of drug-likeness (QED) is 0.382. The lowest BCUT2D eigenvalue weighted by atomic mass is 10.1. The second kappa shape index (κ2) is 9.68. The first-order chi connectivity index (χ1) is 18.4. The topological polar surface area (TPSA) is 106 Å². The molecule has 1 atom stereocenters. The van der Waals surface area contributed by atoms with Crippen molar-refractivity contribution in [2.45, 2.75) is 25.3 Å². The van der Waals surface area contributed by atoms with Gasteiger partial charge in [0.1, 0.15) is 18.0 Å². The summed E-state index contributed by atoms with van der Waals surface area (Å²) >= 11 is 6.74. The zero-order chi connectivity index (χ0) is 26.4. The number of anilines is 2. The van der Waals surface area contributed by atoms with Gasteiger partial charge in [0, 0.05) is 50.7 Å². The van der Waals surface area contributed by atoms with Gasteiger partial charge in [0.05, 0.1) is 34.2 Å². The number of carboxylic acids is 1. The van der Waals surface area contributed by atoms with E-state index in [4.69, 9.17) is 16.3 Å². The summed E-state index contributed by atoms with van der Waals surface area (Å²) in [6.07, 6.45) is 9.63. The van der Waals surface area contributed by atoms with Gasteiger partial charge < -0.3 is 28.8 Å². The lowest BCUT2D eigenvalue weighted by molar-refractivity contribution is 0.0695. The molecule has 0 spiro atoms. The lowest BCUT2D eigenvalue weighted by Crippen LogP contribution is -2.37. The zero-order valence-corrected chi connectivity index (χ0v) is 21.6. The summed E-state index contributed by atoms with van der Waals surface area (Å²) < 4.78 is 9.51. The van der Waals surface area contributed by atoms with Crippen LogP contribution in [-0.4, -0.2) is 62.5 Å². The molecule has 6 rings (SSSR count). The molecule has 3 aromatic heterocycles. The van der Waals surface area contributed by atoms with Gasteiger partial charge in [-0.3, -0.25) is 4.79 Å². The molecule has 0 bridgehead atoms. The van der Waals surface area contributed by atoms with Crippen molar-refractivity contribution < 1.29 is 14.6 Å². The molecule has 0 unspecified atom stereocenters. The van der Waals surface area contributed by atoms with Crippen molar-refractivity contribution in [1.82, 2.24) is 19.1 Å². The number of carbonyl (C=O) groups is 1. The van der Waals surface area contributed by atoms with Crippen LogP contribution in [0.1, 0.15) is 29.6 Å². The molecule has 10 nitrogen and oxygen atoms in total. The van der Waals surface area contributed by atoms with Crippen LogP contribution in [0.25, 0.3) is 16.6 Å². The molecule has 0 saturated carbocycles. The van der Waals surface area contributed by atoms with Crippen molar-refractivity contribution in [3.8, 4) is 11.7 Å². The van der Waals surface area contributed by atoms with Crippen molar-refractivity contribution in [2.75, 3.05) is 36.0 Å². The molecule has 2 saturated heterocycles. The Morgan fingerprint density at radius 2 is 2.03 bits per heavy atom. The Kier molecular flexibility index (Phi) is 6.19. The van der Waals surface area contributed by atoms with E-state index in [2.05, 4.69) is 19.8 Å². The number of imidazole rings is 1. The number of nitrogens with zero attached hydrogens (tertiary/aromatic N) is 6. The minimum Gasteiger partial charge on any atom is -0.477 e. The maximum absolute atomic E-state index is 13.1. The van der Waals surface area contributed by atoms with Crippen LogP contribution in [0, 0.1) is 0 Å². The van der Waals surface area contributed by atoms with E-state index in [1.165, 1.54) is 6.20 Å². The summed E-state index contributed by atoms with van der Waals surface area (Å²) in [4.78, 5) is 38.3. The maximum Gasteiger partial charge on any atom is 0.341 e. The molecule has 1 N–H and O–H groups in total. The first-order valence-electron chi connectivity index (χ1n) is 12.6. The number of pyridine rings is 2. The minimum atomic E-state index is -1.29.